The molecule has 0 unspecified atom stereocenters. The standard InChI is InChI=1S/C16H20ClN3/c1-4-7-14-15(17)18-11-19-16(14)20(5-2)13-9-6-8-12(3)10-13/h6,8-11H,4-5,7H2,1-3H3. The minimum absolute atomic E-state index is 0.558. The van der Waals surface area contributed by atoms with Crippen molar-refractivity contribution in [2.24, 2.45) is 0 Å². The number of aryl methyl sites for hydroxylation is 1. The van der Waals surface area contributed by atoms with Crippen molar-refractivity contribution in [3.8, 4) is 0 Å². The van der Waals surface area contributed by atoms with Crippen LogP contribution < -0.4 is 4.90 Å². The summed E-state index contributed by atoms with van der Waals surface area (Å²) in [6.45, 7) is 7.19. The molecular weight excluding hydrogens is 270 g/mol. The lowest BCUT2D eigenvalue weighted by atomic mass is 10.1. The Morgan fingerprint density at radius 3 is 2.65 bits per heavy atom. The molecule has 0 atom stereocenters. The highest BCUT2D eigenvalue weighted by molar-refractivity contribution is 6.30. The average molecular weight is 290 g/mol. The Morgan fingerprint density at radius 2 is 2.00 bits per heavy atom. The molecule has 0 saturated heterocycles. The summed E-state index contributed by atoms with van der Waals surface area (Å²) < 4.78 is 0. The van der Waals surface area contributed by atoms with Crippen LogP contribution in [0, 0.1) is 6.92 Å². The molecule has 1 aromatic heterocycles. The molecule has 0 spiro atoms. The van der Waals surface area contributed by atoms with Crippen molar-refractivity contribution in [1.82, 2.24) is 9.97 Å². The Balaban J connectivity index is 2.49. The van der Waals surface area contributed by atoms with Gasteiger partial charge in [-0.1, -0.05) is 37.1 Å². The number of benzene rings is 1. The highest BCUT2D eigenvalue weighted by atomic mass is 35.5. The second-order valence-electron chi connectivity index (χ2n) is 4.80. The van der Waals surface area contributed by atoms with Gasteiger partial charge in [0.15, 0.2) is 0 Å². The Labute approximate surface area is 125 Å². The first-order valence-corrected chi connectivity index (χ1v) is 7.38. The van der Waals surface area contributed by atoms with Crippen LogP contribution in [0.2, 0.25) is 5.15 Å². The van der Waals surface area contributed by atoms with Crippen LogP contribution in [0.1, 0.15) is 31.4 Å². The number of rotatable bonds is 5. The maximum atomic E-state index is 6.25. The molecule has 20 heavy (non-hydrogen) atoms. The van der Waals surface area contributed by atoms with Crippen LogP contribution in [0.25, 0.3) is 0 Å². The molecule has 0 radical (unpaired) electrons. The van der Waals surface area contributed by atoms with Crippen LogP contribution in [0.5, 0.6) is 0 Å². The van der Waals surface area contributed by atoms with Crippen LogP contribution in [0.15, 0.2) is 30.6 Å². The van der Waals surface area contributed by atoms with Gasteiger partial charge < -0.3 is 4.90 Å². The van der Waals surface area contributed by atoms with Gasteiger partial charge in [0.2, 0.25) is 0 Å². The van der Waals surface area contributed by atoms with Crippen LogP contribution in [-0.4, -0.2) is 16.5 Å². The molecular formula is C16H20ClN3. The summed E-state index contributed by atoms with van der Waals surface area (Å²) in [4.78, 5) is 10.8. The van der Waals surface area contributed by atoms with Gasteiger partial charge in [-0.15, -0.1) is 0 Å². The number of anilines is 2. The summed E-state index contributed by atoms with van der Waals surface area (Å²) in [5.41, 5.74) is 3.40. The number of nitrogens with zero attached hydrogens (tertiary/aromatic N) is 3. The maximum absolute atomic E-state index is 6.25. The molecule has 2 aromatic rings. The lowest BCUT2D eigenvalue weighted by molar-refractivity contribution is 0.876. The normalized spacial score (nSPS) is 10.6. The Morgan fingerprint density at radius 1 is 1.20 bits per heavy atom. The van der Waals surface area contributed by atoms with Crippen molar-refractivity contribution in [3.63, 3.8) is 0 Å². The van der Waals surface area contributed by atoms with Crippen molar-refractivity contribution < 1.29 is 0 Å². The predicted molar refractivity (Wildman–Crippen MR) is 84.9 cm³/mol. The van der Waals surface area contributed by atoms with Crippen molar-refractivity contribution in [1.29, 1.82) is 0 Å². The number of aromatic nitrogens is 2. The van der Waals surface area contributed by atoms with E-state index in [1.54, 1.807) is 0 Å². The molecule has 2 rings (SSSR count). The van der Waals surface area contributed by atoms with E-state index in [9.17, 15) is 0 Å². The first-order valence-electron chi connectivity index (χ1n) is 7.01. The zero-order valence-corrected chi connectivity index (χ0v) is 13.0. The lowest BCUT2D eigenvalue weighted by Gasteiger charge is -2.25. The van der Waals surface area contributed by atoms with Gasteiger partial charge in [-0.25, -0.2) is 9.97 Å². The topological polar surface area (TPSA) is 29.0 Å². The zero-order chi connectivity index (χ0) is 14.5. The van der Waals surface area contributed by atoms with E-state index in [1.807, 2.05) is 0 Å². The molecule has 0 aliphatic heterocycles. The largest absolute Gasteiger partial charge is 0.326 e. The van der Waals surface area contributed by atoms with E-state index in [0.29, 0.717) is 5.15 Å². The van der Waals surface area contributed by atoms with E-state index in [1.165, 1.54) is 11.9 Å². The zero-order valence-electron chi connectivity index (χ0n) is 12.2. The third-order valence-corrected chi connectivity index (χ3v) is 3.58. The van der Waals surface area contributed by atoms with E-state index in [4.69, 9.17) is 11.6 Å². The van der Waals surface area contributed by atoms with Gasteiger partial charge in [0.05, 0.1) is 0 Å². The number of hydrogen-bond donors (Lipinski definition) is 0. The Kier molecular flexibility index (Phi) is 4.96. The van der Waals surface area contributed by atoms with Gasteiger partial charge in [0.1, 0.15) is 17.3 Å². The van der Waals surface area contributed by atoms with E-state index >= 15 is 0 Å². The molecule has 106 valence electrons. The summed E-state index contributed by atoms with van der Waals surface area (Å²) >= 11 is 6.25. The second-order valence-corrected chi connectivity index (χ2v) is 5.16. The first-order chi connectivity index (χ1) is 9.67. The molecule has 4 heteroatoms. The molecule has 0 fully saturated rings. The predicted octanol–water partition coefficient (Wildman–Crippen LogP) is 4.55. The second kappa shape index (κ2) is 6.71. The average Bonchev–Trinajstić information content (AvgIpc) is 2.43. The highest BCUT2D eigenvalue weighted by Crippen LogP contribution is 2.30. The quantitative estimate of drug-likeness (QED) is 0.756. The molecule has 0 amide bonds. The lowest BCUT2D eigenvalue weighted by Crippen LogP contribution is -2.19. The SMILES string of the molecule is CCCc1c(Cl)ncnc1N(CC)c1cccc(C)c1. The van der Waals surface area contributed by atoms with Crippen molar-refractivity contribution in [2.75, 3.05) is 11.4 Å². The van der Waals surface area contributed by atoms with Gasteiger partial charge in [-0.05, 0) is 38.0 Å². The van der Waals surface area contributed by atoms with Crippen LogP contribution in [-0.2, 0) is 6.42 Å². The third kappa shape index (κ3) is 3.10. The van der Waals surface area contributed by atoms with E-state index < -0.39 is 0 Å². The van der Waals surface area contributed by atoms with Gasteiger partial charge in [-0.2, -0.15) is 0 Å². The Bertz CT molecular complexity index is 584. The summed E-state index contributed by atoms with van der Waals surface area (Å²) in [5.74, 6) is 0.917. The number of hydrogen-bond acceptors (Lipinski definition) is 3. The van der Waals surface area contributed by atoms with Crippen LogP contribution in [0.4, 0.5) is 11.5 Å². The summed E-state index contributed by atoms with van der Waals surface area (Å²) in [6, 6.07) is 8.42. The minimum Gasteiger partial charge on any atom is -0.326 e. The molecule has 0 N–H and O–H groups in total. The molecule has 0 aliphatic carbocycles. The van der Waals surface area contributed by atoms with E-state index in [0.717, 1.165) is 36.5 Å². The monoisotopic (exact) mass is 289 g/mol. The van der Waals surface area contributed by atoms with Gasteiger partial charge in [0, 0.05) is 17.8 Å². The molecule has 0 bridgehead atoms. The Hall–Kier alpha value is -1.61. The van der Waals surface area contributed by atoms with Crippen molar-refractivity contribution in [2.45, 2.75) is 33.6 Å². The fourth-order valence-electron chi connectivity index (χ4n) is 2.33. The first kappa shape index (κ1) is 14.8. The van der Waals surface area contributed by atoms with E-state index in [2.05, 4.69) is 59.9 Å². The fourth-order valence-corrected chi connectivity index (χ4v) is 2.55. The highest BCUT2D eigenvalue weighted by Gasteiger charge is 2.16. The van der Waals surface area contributed by atoms with Crippen LogP contribution >= 0.6 is 11.6 Å². The van der Waals surface area contributed by atoms with Crippen molar-refractivity contribution >= 4 is 23.1 Å². The van der Waals surface area contributed by atoms with E-state index in [-0.39, 0.29) is 0 Å². The summed E-state index contributed by atoms with van der Waals surface area (Å²) in [5, 5.41) is 0.558. The smallest absolute Gasteiger partial charge is 0.141 e. The maximum Gasteiger partial charge on any atom is 0.141 e. The molecule has 3 nitrogen and oxygen atoms in total. The third-order valence-electron chi connectivity index (χ3n) is 3.26. The molecule has 1 aromatic carbocycles. The summed E-state index contributed by atoms with van der Waals surface area (Å²) in [6.07, 6.45) is 3.44. The molecule has 0 aliphatic rings. The summed E-state index contributed by atoms with van der Waals surface area (Å²) in [7, 11) is 0. The molecule has 0 saturated carbocycles. The van der Waals surface area contributed by atoms with Crippen LogP contribution in [0.3, 0.4) is 0 Å². The van der Waals surface area contributed by atoms with Gasteiger partial charge in [0.25, 0.3) is 0 Å². The fraction of sp³-hybridized carbons (Fsp3) is 0.375. The number of halogens is 1. The van der Waals surface area contributed by atoms with Gasteiger partial charge >= 0.3 is 0 Å². The van der Waals surface area contributed by atoms with Crippen molar-refractivity contribution in [3.05, 3.63) is 46.9 Å². The molecule has 1 heterocycles. The van der Waals surface area contributed by atoms with Gasteiger partial charge in [-0.3, -0.25) is 0 Å². The minimum atomic E-state index is 0.558.